The van der Waals surface area contributed by atoms with Crippen LogP contribution in [0.3, 0.4) is 0 Å². The Morgan fingerprint density at radius 3 is 2.57 bits per heavy atom. The molecular weight excluding hydrogens is 426 g/mol. The highest BCUT2D eigenvalue weighted by Crippen LogP contribution is 2.42. The van der Waals surface area contributed by atoms with Crippen LogP contribution in [0.5, 0.6) is 11.5 Å². The van der Waals surface area contributed by atoms with Crippen LogP contribution in [0.1, 0.15) is 22.0 Å². The molecule has 8 heteroatoms. The number of hydrogen-bond acceptors (Lipinski definition) is 4. The molecule has 0 saturated heterocycles. The second-order valence-electron chi connectivity index (χ2n) is 6.82. The fraction of sp³-hybridized carbons (Fsp3) is 0.227. The molecule has 4 nitrogen and oxygen atoms in total. The van der Waals surface area contributed by atoms with Crippen molar-refractivity contribution in [2.24, 2.45) is 0 Å². The van der Waals surface area contributed by atoms with E-state index in [1.807, 2.05) is 28.5 Å². The van der Waals surface area contributed by atoms with E-state index in [-0.39, 0.29) is 11.7 Å². The first-order valence-corrected chi connectivity index (χ1v) is 10.6. The van der Waals surface area contributed by atoms with Gasteiger partial charge in [-0.3, -0.25) is 0 Å². The molecule has 1 aliphatic rings. The van der Waals surface area contributed by atoms with Gasteiger partial charge in [-0.05, 0) is 65.5 Å². The number of thiophene rings is 1. The molecule has 0 amide bonds. The summed E-state index contributed by atoms with van der Waals surface area (Å²) < 4.78 is 38.4. The molecular formula is C22H20F2N2O2S2. The van der Waals surface area contributed by atoms with Gasteiger partial charge in [-0.15, -0.1) is 11.3 Å². The summed E-state index contributed by atoms with van der Waals surface area (Å²) in [4.78, 5) is 3.13. The predicted molar refractivity (Wildman–Crippen MR) is 119 cm³/mol. The highest BCUT2D eigenvalue weighted by molar-refractivity contribution is 7.80. The number of hydrogen-bond donors (Lipinski definition) is 1. The van der Waals surface area contributed by atoms with Crippen molar-refractivity contribution < 1.29 is 18.3 Å². The average molecular weight is 447 g/mol. The molecule has 0 fully saturated rings. The quantitative estimate of drug-likeness (QED) is 0.544. The van der Waals surface area contributed by atoms with Crippen LogP contribution in [-0.2, 0) is 6.42 Å². The summed E-state index contributed by atoms with van der Waals surface area (Å²) in [7, 11) is 3.22. The summed E-state index contributed by atoms with van der Waals surface area (Å²) in [5.41, 5.74) is 2.35. The van der Waals surface area contributed by atoms with Crippen LogP contribution < -0.4 is 14.8 Å². The SMILES string of the molecule is COc1cc2c(cc1OC)C(c1cccs1)N(C(=S)Nc1ccc(F)cc1F)CC2. The Hall–Kier alpha value is -2.71. The Morgan fingerprint density at radius 2 is 1.90 bits per heavy atom. The van der Waals surface area contributed by atoms with E-state index in [2.05, 4.69) is 11.4 Å². The zero-order valence-corrected chi connectivity index (χ0v) is 18.1. The Bertz CT molecular complexity index is 1070. The number of fused-ring (bicyclic) bond motifs is 1. The van der Waals surface area contributed by atoms with Crippen molar-refractivity contribution in [3.8, 4) is 11.5 Å². The minimum absolute atomic E-state index is 0.143. The number of thiocarbonyl (C=S) groups is 1. The number of benzene rings is 2. The number of nitrogens with zero attached hydrogens (tertiary/aromatic N) is 1. The zero-order valence-electron chi connectivity index (χ0n) is 16.4. The molecule has 1 N–H and O–H groups in total. The van der Waals surface area contributed by atoms with Crippen molar-refractivity contribution in [3.05, 3.63) is 75.5 Å². The van der Waals surface area contributed by atoms with Gasteiger partial charge in [0.05, 0.1) is 25.9 Å². The Labute approximate surface area is 183 Å². The summed E-state index contributed by atoms with van der Waals surface area (Å²) in [6.07, 6.45) is 0.741. The molecule has 156 valence electrons. The average Bonchev–Trinajstić information content (AvgIpc) is 3.28. The first-order valence-electron chi connectivity index (χ1n) is 9.32. The lowest BCUT2D eigenvalue weighted by atomic mass is 9.91. The van der Waals surface area contributed by atoms with Gasteiger partial charge in [0.25, 0.3) is 0 Å². The van der Waals surface area contributed by atoms with E-state index >= 15 is 0 Å². The van der Waals surface area contributed by atoms with Gasteiger partial charge in [0.2, 0.25) is 0 Å². The summed E-state index contributed by atoms with van der Waals surface area (Å²) in [5, 5.41) is 5.33. The van der Waals surface area contributed by atoms with Crippen LogP contribution in [-0.4, -0.2) is 30.8 Å². The van der Waals surface area contributed by atoms with E-state index in [1.165, 1.54) is 12.1 Å². The molecule has 0 spiro atoms. The monoisotopic (exact) mass is 446 g/mol. The molecule has 1 atom stereocenters. The molecule has 1 aromatic heterocycles. The minimum Gasteiger partial charge on any atom is -0.493 e. The van der Waals surface area contributed by atoms with Crippen LogP contribution in [0.2, 0.25) is 0 Å². The topological polar surface area (TPSA) is 33.7 Å². The number of nitrogens with one attached hydrogen (secondary N) is 1. The fourth-order valence-electron chi connectivity index (χ4n) is 3.70. The lowest BCUT2D eigenvalue weighted by molar-refractivity contribution is 0.333. The van der Waals surface area contributed by atoms with Crippen molar-refractivity contribution in [2.75, 3.05) is 26.1 Å². The van der Waals surface area contributed by atoms with Crippen molar-refractivity contribution in [3.63, 3.8) is 0 Å². The number of ether oxygens (including phenoxy) is 2. The van der Waals surface area contributed by atoms with Gasteiger partial charge in [-0.25, -0.2) is 8.78 Å². The van der Waals surface area contributed by atoms with E-state index in [9.17, 15) is 8.78 Å². The Kier molecular flexibility index (Phi) is 5.87. The molecule has 0 saturated carbocycles. The molecule has 2 aromatic carbocycles. The standard InChI is InChI=1S/C22H20F2N2O2S2/c1-27-18-10-13-7-8-26(22(29)25-17-6-5-14(23)11-16(17)24)21(20-4-3-9-30-20)15(13)12-19(18)28-2/h3-6,9-12,21H,7-8H2,1-2H3,(H,25,29). The first kappa shape index (κ1) is 20.6. The largest absolute Gasteiger partial charge is 0.493 e. The van der Waals surface area contributed by atoms with Crippen molar-refractivity contribution in [2.45, 2.75) is 12.5 Å². The highest BCUT2D eigenvalue weighted by Gasteiger charge is 2.32. The summed E-state index contributed by atoms with van der Waals surface area (Å²) in [6, 6.07) is 11.3. The van der Waals surface area contributed by atoms with Crippen molar-refractivity contribution >= 4 is 34.4 Å². The molecule has 4 rings (SSSR count). The van der Waals surface area contributed by atoms with Gasteiger partial charge < -0.3 is 19.7 Å². The van der Waals surface area contributed by atoms with Crippen LogP contribution in [0, 0.1) is 11.6 Å². The molecule has 2 heterocycles. The third-order valence-corrected chi connectivity index (χ3v) is 6.38. The maximum absolute atomic E-state index is 14.2. The number of methoxy groups -OCH3 is 2. The van der Waals surface area contributed by atoms with Crippen LogP contribution in [0.4, 0.5) is 14.5 Å². The smallest absolute Gasteiger partial charge is 0.174 e. The van der Waals surface area contributed by atoms with E-state index in [0.717, 1.165) is 28.5 Å². The molecule has 3 aromatic rings. The van der Waals surface area contributed by atoms with E-state index in [0.29, 0.717) is 23.2 Å². The van der Waals surface area contributed by atoms with Crippen molar-refractivity contribution in [1.82, 2.24) is 4.90 Å². The Balaban J connectivity index is 1.72. The molecule has 0 radical (unpaired) electrons. The van der Waals surface area contributed by atoms with E-state index in [1.54, 1.807) is 25.6 Å². The fourth-order valence-corrected chi connectivity index (χ4v) is 4.86. The minimum atomic E-state index is -0.686. The second-order valence-corrected chi connectivity index (χ2v) is 8.19. The van der Waals surface area contributed by atoms with Crippen LogP contribution >= 0.6 is 23.6 Å². The van der Waals surface area contributed by atoms with Gasteiger partial charge in [-0.1, -0.05) is 6.07 Å². The predicted octanol–water partition coefficient (Wildman–Crippen LogP) is 5.39. The Morgan fingerprint density at radius 1 is 1.13 bits per heavy atom. The molecule has 30 heavy (non-hydrogen) atoms. The third-order valence-electron chi connectivity index (χ3n) is 5.12. The summed E-state index contributed by atoms with van der Waals surface area (Å²) in [5.74, 6) is 0.00837. The summed E-state index contributed by atoms with van der Waals surface area (Å²) in [6.45, 7) is 0.639. The van der Waals surface area contributed by atoms with Gasteiger partial charge in [0, 0.05) is 17.5 Å². The second kappa shape index (κ2) is 8.57. The maximum Gasteiger partial charge on any atom is 0.174 e. The first-order chi connectivity index (χ1) is 14.5. The molecule has 0 bridgehead atoms. The van der Waals surface area contributed by atoms with Crippen LogP contribution in [0.25, 0.3) is 0 Å². The lowest BCUT2D eigenvalue weighted by Crippen LogP contribution is -2.42. The molecule has 0 aliphatic carbocycles. The van der Waals surface area contributed by atoms with Gasteiger partial charge in [0.15, 0.2) is 16.6 Å². The molecule has 1 unspecified atom stereocenters. The number of anilines is 1. The van der Waals surface area contributed by atoms with Gasteiger partial charge >= 0.3 is 0 Å². The van der Waals surface area contributed by atoms with Crippen LogP contribution in [0.15, 0.2) is 47.8 Å². The van der Waals surface area contributed by atoms with E-state index in [4.69, 9.17) is 21.7 Å². The van der Waals surface area contributed by atoms with E-state index < -0.39 is 11.6 Å². The van der Waals surface area contributed by atoms with Crippen molar-refractivity contribution in [1.29, 1.82) is 0 Å². The third kappa shape index (κ3) is 3.85. The normalized spacial score (nSPS) is 15.5. The lowest BCUT2D eigenvalue weighted by Gasteiger charge is -2.39. The summed E-state index contributed by atoms with van der Waals surface area (Å²) >= 11 is 7.27. The zero-order chi connectivity index (χ0) is 21.3. The molecule has 1 aliphatic heterocycles. The maximum atomic E-state index is 14.2. The highest BCUT2D eigenvalue weighted by atomic mass is 32.1. The van der Waals surface area contributed by atoms with Gasteiger partial charge in [0.1, 0.15) is 11.6 Å². The number of halogens is 2. The van der Waals surface area contributed by atoms with Gasteiger partial charge in [-0.2, -0.15) is 0 Å². The number of rotatable bonds is 4.